The number of hydrogen-bond donors (Lipinski definition) is 7. The van der Waals surface area contributed by atoms with Gasteiger partial charge in [0, 0.05) is 37.4 Å². The van der Waals surface area contributed by atoms with Gasteiger partial charge < -0.3 is 41.1 Å². The molecule has 0 aromatic heterocycles. The molecular weight excluding hydrogens is 528 g/mol. The number of rotatable bonds is 20. The van der Waals surface area contributed by atoms with Crippen LogP contribution in [0.25, 0.3) is 0 Å². The zero-order valence-corrected chi connectivity index (χ0v) is 20.6. The van der Waals surface area contributed by atoms with Gasteiger partial charge in [-0.25, -0.2) is 4.79 Å². The molecule has 17 nitrogen and oxygen atoms in total. The minimum atomic E-state index is -1.70. The number of carboxylic acid groups (broad SMARTS) is 6. The Kier molecular flexibility index (Phi) is 13.1. The minimum Gasteiger partial charge on any atom is -0.482 e. The second-order valence-electron chi connectivity index (χ2n) is 8.25. The van der Waals surface area contributed by atoms with E-state index in [1.54, 1.807) is 0 Å². The molecule has 39 heavy (non-hydrogen) atoms. The summed E-state index contributed by atoms with van der Waals surface area (Å²) in [6, 6.07) is 2.06. The molecule has 0 saturated carbocycles. The first-order valence-electron chi connectivity index (χ1n) is 11.2. The van der Waals surface area contributed by atoms with Gasteiger partial charge in [0.05, 0.1) is 26.2 Å². The van der Waals surface area contributed by atoms with E-state index in [9.17, 15) is 44.1 Å². The maximum atomic E-state index is 12.3. The first kappa shape index (κ1) is 32.5. The molecule has 0 saturated heterocycles. The summed E-state index contributed by atoms with van der Waals surface area (Å²) in [6.45, 7) is -4.37. The molecule has 0 aliphatic rings. The predicted molar refractivity (Wildman–Crippen MR) is 129 cm³/mol. The van der Waals surface area contributed by atoms with Crippen LogP contribution in [0.1, 0.15) is 11.6 Å². The molecule has 0 aliphatic carbocycles. The first-order valence-corrected chi connectivity index (χ1v) is 11.2. The number of nitrogen functional groups attached to an aromatic ring is 1. The highest BCUT2D eigenvalue weighted by atomic mass is 16.5. The summed E-state index contributed by atoms with van der Waals surface area (Å²) < 4.78 is 5.16. The zero-order chi connectivity index (χ0) is 29.7. The Morgan fingerprint density at radius 1 is 0.692 bits per heavy atom. The van der Waals surface area contributed by atoms with E-state index in [1.165, 1.54) is 23.1 Å². The minimum absolute atomic E-state index is 0.0821. The largest absolute Gasteiger partial charge is 0.482 e. The van der Waals surface area contributed by atoms with Crippen LogP contribution in [-0.2, 0) is 28.8 Å². The fraction of sp³-hybridized carbons (Fsp3) is 0.455. The second-order valence-corrected chi connectivity index (χ2v) is 8.25. The van der Waals surface area contributed by atoms with Crippen LogP contribution in [0, 0.1) is 0 Å². The molecule has 0 bridgehead atoms. The second kappa shape index (κ2) is 15.7. The Morgan fingerprint density at radius 3 is 1.67 bits per heavy atom. The SMILES string of the molecule is Nc1ccc(OCC(=O)O)c(C(C(=O)O)N(CCN(CCN(CC(=O)O)CC(=O)O)CC(=O)O)CC(=O)O)c1. The monoisotopic (exact) mass is 558 g/mol. The van der Waals surface area contributed by atoms with Crippen LogP contribution in [0.2, 0.25) is 0 Å². The molecule has 1 rings (SSSR count). The molecular formula is C22H30N4O13. The molecule has 0 spiro atoms. The van der Waals surface area contributed by atoms with E-state index in [-0.39, 0.29) is 43.2 Å². The molecule has 1 atom stereocenters. The lowest BCUT2D eigenvalue weighted by atomic mass is 10.0. The normalized spacial score (nSPS) is 11.9. The van der Waals surface area contributed by atoms with Gasteiger partial charge in [-0.3, -0.25) is 38.7 Å². The third-order valence-electron chi connectivity index (χ3n) is 5.13. The fourth-order valence-corrected chi connectivity index (χ4v) is 3.62. The van der Waals surface area contributed by atoms with Crippen molar-refractivity contribution < 1.29 is 64.1 Å². The van der Waals surface area contributed by atoms with E-state index in [4.69, 9.17) is 25.8 Å². The standard InChI is InChI=1S/C22H30N4O13/c23-13-1-2-15(39-12-20(35)36)14(7-13)21(22(37)38)26(11-19(33)34)6-5-24(8-16(27)28)3-4-25(9-17(29)30)10-18(31)32/h1-2,7,21H,3-6,8-12,23H2,(H,27,28)(H,29,30)(H,31,32)(H,33,34)(H,35,36)(H,37,38). The van der Waals surface area contributed by atoms with Crippen LogP contribution in [0.4, 0.5) is 5.69 Å². The van der Waals surface area contributed by atoms with Gasteiger partial charge in [0.1, 0.15) is 11.8 Å². The van der Waals surface area contributed by atoms with Crippen LogP contribution in [0.3, 0.4) is 0 Å². The molecule has 0 fully saturated rings. The Labute approximate surface area is 221 Å². The van der Waals surface area contributed by atoms with E-state index < -0.39 is 74.6 Å². The van der Waals surface area contributed by atoms with Gasteiger partial charge in [-0.05, 0) is 18.2 Å². The summed E-state index contributed by atoms with van der Waals surface area (Å²) in [6.07, 6.45) is 0. The van der Waals surface area contributed by atoms with Gasteiger partial charge >= 0.3 is 35.8 Å². The maximum Gasteiger partial charge on any atom is 0.341 e. The van der Waals surface area contributed by atoms with Crippen molar-refractivity contribution in [3.05, 3.63) is 23.8 Å². The smallest absolute Gasteiger partial charge is 0.341 e. The molecule has 1 unspecified atom stereocenters. The van der Waals surface area contributed by atoms with Gasteiger partial charge in [0.25, 0.3) is 0 Å². The topological polar surface area (TPSA) is 269 Å². The first-order chi connectivity index (χ1) is 18.2. The fourth-order valence-electron chi connectivity index (χ4n) is 3.62. The van der Waals surface area contributed by atoms with Crippen molar-refractivity contribution in [3.8, 4) is 5.75 Å². The highest BCUT2D eigenvalue weighted by Crippen LogP contribution is 2.32. The highest BCUT2D eigenvalue weighted by Gasteiger charge is 2.32. The molecule has 8 N–H and O–H groups in total. The molecule has 0 aliphatic heterocycles. The summed E-state index contributed by atoms with van der Waals surface area (Å²) >= 11 is 0. The number of anilines is 1. The van der Waals surface area contributed by atoms with Crippen LogP contribution in [-0.4, -0.2) is 140 Å². The van der Waals surface area contributed by atoms with Crippen molar-refractivity contribution in [3.63, 3.8) is 0 Å². The predicted octanol–water partition coefficient (Wildman–Crippen LogP) is -1.90. The third kappa shape index (κ3) is 12.5. The van der Waals surface area contributed by atoms with Gasteiger partial charge in [-0.2, -0.15) is 0 Å². The maximum absolute atomic E-state index is 12.3. The Bertz CT molecular complexity index is 1050. The van der Waals surface area contributed by atoms with Crippen molar-refractivity contribution in [2.45, 2.75) is 6.04 Å². The summed E-state index contributed by atoms with van der Waals surface area (Å²) in [4.78, 5) is 71.6. The lowest BCUT2D eigenvalue weighted by molar-refractivity contribution is -0.147. The van der Waals surface area contributed by atoms with Crippen molar-refractivity contribution in [2.75, 3.05) is 64.7 Å². The number of aliphatic carboxylic acids is 6. The average Bonchev–Trinajstić information content (AvgIpc) is 2.78. The summed E-state index contributed by atoms with van der Waals surface area (Å²) in [5, 5.41) is 55.6. The van der Waals surface area contributed by atoms with Crippen LogP contribution >= 0.6 is 0 Å². The third-order valence-corrected chi connectivity index (χ3v) is 5.13. The molecule has 1 aromatic carbocycles. The van der Waals surface area contributed by atoms with E-state index in [0.29, 0.717) is 0 Å². The summed E-state index contributed by atoms with van der Waals surface area (Å²) in [7, 11) is 0. The van der Waals surface area contributed by atoms with Gasteiger partial charge in [0.15, 0.2) is 6.61 Å². The van der Waals surface area contributed by atoms with Crippen molar-refractivity contribution in [1.29, 1.82) is 0 Å². The number of carboxylic acids is 6. The van der Waals surface area contributed by atoms with Gasteiger partial charge in [-0.15, -0.1) is 0 Å². The van der Waals surface area contributed by atoms with E-state index >= 15 is 0 Å². The van der Waals surface area contributed by atoms with E-state index in [0.717, 1.165) is 9.80 Å². The van der Waals surface area contributed by atoms with E-state index in [2.05, 4.69) is 0 Å². The van der Waals surface area contributed by atoms with Crippen molar-refractivity contribution >= 4 is 41.5 Å². The average molecular weight is 558 g/mol. The molecule has 0 heterocycles. The molecule has 0 radical (unpaired) electrons. The molecule has 0 amide bonds. The Balaban J connectivity index is 3.25. The lowest BCUT2D eigenvalue weighted by Gasteiger charge is -2.31. The molecule has 216 valence electrons. The van der Waals surface area contributed by atoms with Gasteiger partial charge in [0.2, 0.25) is 0 Å². The number of ether oxygens (including phenoxy) is 1. The Morgan fingerprint density at radius 2 is 1.18 bits per heavy atom. The quantitative estimate of drug-likeness (QED) is 0.0861. The summed E-state index contributed by atoms with van der Waals surface area (Å²) in [5.74, 6) is -8.37. The Hall–Kier alpha value is -4.48. The van der Waals surface area contributed by atoms with Gasteiger partial charge in [-0.1, -0.05) is 0 Å². The lowest BCUT2D eigenvalue weighted by Crippen LogP contribution is -2.46. The number of nitrogens with two attached hydrogens (primary N) is 1. The molecule has 17 heteroatoms. The van der Waals surface area contributed by atoms with Crippen LogP contribution in [0.5, 0.6) is 5.75 Å². The zero-order valence-electron chi connectivity index (χ0n) is 20.6. The number of carbonyl (C=O) groups is 6. The summed E-state index contributed by atoms with van der Waals surface area (Å²) in [5.41, 5.74) is 5.72. The number of nitrogens with zero attached hydrogens (tertiary/aromatic N) is 3. The highest BCUT2D eigenvalue weighted by molar-refractivity contribution is 5.79. The van der Waals surface area contributed by atoms with Crippen LogP contribution < -0.4 is 10.5 Å². The number of benzene rings is 1. The van der Waals surface area contributed by atoms with Crippen molar-refractivity contribution in [1.82, 2.24) is 14.7 Å². The molecule has 1 aromatic rings. The number of hydrogen-bond acceptors (Lipinski definition) is 11. The van der Waals surface area contributed by atoms with Crippen LogP contribution in [0.15, 0.2) is 18.2 Å². The van der Waals surface area contributed by atoms with Crippen molar-refractivity contribution in [2.24, 2.45) is 0 Å². The van der Waals surface area contributed by atoms with E-state index in [1.807, 2.05) is 0 Å².